The number of carboxylic acids is 2. The predicted molar refractivity (Wildman–Crippen MR) is 239 cm³/mol. The van der Waals surface area contributed by atoms with Crippen molar-refractivity contribution in [3.8, 4) is 0 Å². The van der Waals surface area contributed by atoms with Crippen LogP contribution in [0.25, 0.3) is 0 Å². The number of Topliss-reactive ketones (excluding diaryl/α,β-unsaturated/α-hetero) is 2. The zero-order valence-corrected chi connectivity index (χ0v) is 39.0. The molecule has 8 N–H and O–H groups in total. The van der Waals surface area contributed by atoms with Crippen LogP contribution in [0, 0.1) is 11.8 Å². The van der Waals surface area contributed by atoms with E-state index in [1.165, 1.54) is 11.8 Å². The number of ketones is 2. The quantitative estimate of drug-likeness (QED) is 0.0240. The first-order valence-electron chi connectivity index (χ1n) is 22.5. The second kappa shape index (κ2) is 26.8. The number of hydrogen-bond acceptors (Lipinski definition) is 14. The fraction of sp³-hybridized carbons (Fsp3) is 0.767. The van der Waals surface area contributed by atoms with Gasteiger partial charge in [-0.3, -0.25) is 48.5 Å². The molecule has 1 aliphatic carbocycles. The summed E-state index contributed by atoms with van der Waals surface area (Å²) in [6, 6.07) is -7.03. The molecule has 2 heterocycles. The van der Waals surface area contributed by atoms with E-state index in [1.54, 1.807) is 44.3 Å². The molecule has 3 aliphatic rings. The van der Waals surface area contributed by atoms with Crippen LogP contribution >= 0.6 is 23.5 Å². The lowest BCUT2D eigenvalue weighted by Crippen LogP contribution is -2.61. The average Bonchev–Trinajstić information content (AvgIpc) is 3.88. The van der Waals surface area contributed by atoms with Gasteiger partial charge in [0.1, 0.15) is 36.7 Å². The van der Waals surface area contributed by atoms with E-state index in [0.717, 1.165) is 30.8 Å². The van der Waals surface area contributed by atoms with Crippen molar-refractivity contribution in [3.05, 3.63) is 0 Å². The van der Waals surface area contributed by atoms with E-state index in [4.69, 9.17) is 5.11 Å². The van der Waals surface area contributed by atoms with E-state index in [9.17, 15) is 53.4 Å². The molecule has 5 unspecified atom stereocenters. The Morgan fingerprint density at radius 3 is 1.95 bits per heavy atom. The van der Waals surface area contributed by atoms with E-state index in [1.807, 2.05) is 0 Å². The van der Waals surface area contributed by atoms with E-state index in [0.29, 0.717) is 25.5 Å². The number of unbranched alkanes of at least 4 members (excludes halogenated alkanes) is 1. The van der Waals surface area contributed by atoms with E-state index >= 15 is 4.79 Å². The minimum Gasteiger partial charge on any atom is -0.481 e. The largest absolute Gasteiger partial charge is 0.481 e. The molecule has 0 radical (unpaired) electrons. The van der Waals surface area contributed by atoms with Gasteiger partial charge >= 0.3 is 11.9 Å². The highest BCUT2D eigenvalue weighted by Gasteiger charge is 2.53. The highest BCUT2D eigenvalue weighted by Crippen LogP contribution is 2.52. The van der Waals surface area contributed by atoms with Crippen molar-refractivity contribution in [2.75, 3.05) is 18.1 Å². The molecule has 64 heavy (non-hydrogen) atoms. The van der Waals surface area contributed by atoms with Gasteiger partial charge in [-0.1, -0.05) is 46.5 Å². The van der Waals surface area contributed by atoms with Crippen LogP contribution in [-0.4, -0.2) is 144 Å². The normalized spacial score (nSPS) is 20.0. The number of hydrogen-bond donors (Lipinski definition) is 8. The zero-order valence-electron chi connectivity index (χ0n) is 37.4. The maximum atomic E-state index is 15.0. The number of carboxylic acid groups (broad SMARTS) is 2. The van der Waals surface area contributed by atoms with Crippen LogP contribution < -0.4 is 26.6 Å². The Kier molecular flexibility index (Phi) is 22.7. The van der Waals surface area contributed by atoms with Crippen molar-refractivity contribution in [3.63, 3.8) is 0 Å². The van der Waals surface area contributed by atoms with E-state index < -0.39 is 112 Å². The number of carbonyl (C=O) groups excluding carboxylic acids is 8. The molecule has 360 valence electrons. The number of aliphatic hydroxyl groups is 1. The Bertz CT molecular complexity index is 1670. The Labute approximate surface area is 383 Å². The first kappa shape index (κ1) is 54.3. The first-order chi connectivity index (χ1) is 30.3. The molecule has 3 rings (SSSR count). The number of carbonyl (C=O) groups is 10. The number of nitrogens with one attached hydrogen (secondary N) is 5. The molecule has 0 aromatic heterocycles. The van der Waals surface area contributed by atoms with Crippen molar-refractivity contribution >= 4 is 82.9 Å². The minimum absolute atomic E-state index is 0.138. The second-order valence-electron chi connectivity index (χ2n) is 17.3. The van der Waals surface area contributed by atoms with Gasteiger partial charge in [0.2, 0.25) is 41.1 Å². The topological polar surface area (TPSA) is 295 Å². The molecule has 1 spiro atoms. The smallest absolute Gasteiger partial charge is 0.303 e. The molecular weight excluding hydrogens is 873 g/mol. The number of thioether (sulfide) groups is 2. The van der Waals surface area contributed by atoms with Crippen LogP contribution in [0.1, 0.15) is 130 Å². The third kappa shape index (κ3) is 16.7. The number of aliphatic carboxylic acids is 2. The number of likely N-dealkylation sites (tertiary alicyclic amines) is 1. The van der Waals surface area contributed by atoms with Gasteiger partial charge in [-0.2, -0.15) is 0 Å². The minimum atomic E-state index is -1.33. The van der Waals surface area contributed by atoms with Gasteiger partial charge in [0.15, 0.2) is 0 Å². The number of aldehydes is 1. The van der Waals surface area contributed by atoms with Crippen LogP contribution in [0.15, 0.2) is 0 Å². The lowest BCUT2D eigenvalue weighted by molar-refractivity contribution is -0.144. The molecule has 3 fully saturated rings. The molecule has 2 saturated heterocycles. The molecule has 2 aliphatic heterocycles. The third-order valence-corrected chi connectivity index (χ3v) is 15.2. The van der Waals surface area contributed by atoms with Crippen LogP contribution in [-0.2, 0) is 47.9 Å². The van der Waals surface area contributed by atoms with Crippen LogP contribution in [0.2, 0.25) is 0 Å². The van der Waals surface area contributed by atoms with Crippen LogP contribution in [0.5, 0.6) is 0 Å². The highest BCUT2D eigenvalue weighted by molar-refractivity contribution is 8.21. The molecule has 5 amide bonds. The third-order valence-electron chi connectivity index (χ3n) is 11.8. The SMILES string of the molecule is CCCC(NC(=O)[C@@H]1CC2(CN1C(=O)C(NC(=O)C(NC(=O)C(CCC=O)NC(=O)C(CCC(=O)O)N[C@@H](C)O)C(C)C)C1CCCCC1)SCCS2)C(=O)C(=O)CCCCC(=O)O. The zero-order chi connectivity index (χ0) is 47.6. The summed E-state index contributed by atoms with van der Waals surface area (Å²) in [5, 5.41) is 41.5. The standard InChI is InChI=1S/C43H68N6O13S2/c1-5-12-28(37(57)32(52)16-9-10-17-33(53)54)45-40(60)31-23-43(63-21-22-64-43)24-49(31)42(62)36(27-13-7-6-8-14-27)48-41(61)35(25(2)3)47-39(59)29(15-11-20-50)46-38(58)30(44-26(4)51)18-19-34(55)56/h20,25-31,35-36,44,51H,5-19,21-24H2,1-4H3,(H,45,60)(H,46,58)(H,47,59)(H,48,61)(H,53,54)(H,55,56)/t26-,28?,29?,30?,31+,35?,36?/m1/s1. The summed E-state index contributed by atoms with van der Waals surface area (Å²) in [5.41, 5.74) is 0. The maximum absolute atomic E-state index is 15.0. The van der Waals surface area contributed by atoms with Gasteiger partial charge in [-0.25, -0.2) is 0 Å². The fourth-order valence-corrected chi connectivity index (χ4v) is 11.7. The summed E-state index contributed by atoms with van der Waals surface area (Å²) in [6.45, 7) is 6.70. The number of aliphatic hydroxyl groups excluding tert-OH is 1. The summed E-state index contributed by atoms with van der Waals surface area (Å²) in [7, 11) is 0. The molecule has 19 nitrogen and oxygen atoms in total. The Morgan fingerprint density at radius 1 is 0.750 bits per heavy atom. The monoisotopic (exact) mass is 940 g/mol. The Balaban J connectivity index is 1.88. The number of amides is 5. The van der Waals surface area contributed by atoms with Crippen LogP contribution in [0.4, 0.5) is 0 Å². The summed E-state index contributed by atoms with van der Waals surface area (Å²) in [5.74, 6) is -6.31. The highest BCUT2D eigenvalue weighted by atomic mass is 32.2. The number of rotatable bonds is 28. The maximum Gasteiger partial charge on any atom is 0.303 e. The predicted octanol–water partition coefficient (Wildman–Crippen LogP) is 1.66. The van der Waals surface area contributed by atoms with Crippen molar-refractivity contribution in [1.82, 2.24) is 31.5 Å². The fourth-order valence-electron chi connectivity index (χ4n) is 8.40. The van der Waals surface area contributed by atoms with Gasteiger partial charge in [-0.05, 0) is 63.7 Å². The van der Waals surface area contributed by atoms with Gasteiger partial charge < -0.3 is 46.3 Å². The van der Waals surface area contributed by atoms with Gasteiger partial charge in [-0.15, -0.1) is 23.5 Å². The first-order valence-corrected chi connectivity index (χ1v) is 24.5. The summed E-state index contributed by atoms with van der Waals surface area (Å²) < 4.78 is -0.518. The lowest BCUT2D eigenvalue weighted by Gasteiger charge is -2.36. The molecule has 0 aromatic rings. The summed E-state index contributed by atoms with van der Waals surface area (Å²) >= 11 is 3.29. The molecular formula is C43H68N6O13S2. The Morgan fingerprint density at radius 2 is 1.38 bits per heavy atom. The van der Waals surface area contributed by atoms with Crippen LogP contribution in [0.3, 0.4) is 0 Å². The number of nitrogens with zero attached hydrogens (tertiary/aromatic N) is 1. The van der Waals surface area contributed by atoms with E-state index in [-0.39, 0.29) is 70.3 Å². The van der Waals surface area contributed by atoms with Crippen molar-refractivity contribution in [2.24, 2.45) is 11.8 Å². The van der Waals surface area contributed by atoms with Gasteiger partial charge in [0, 0.05) is 50.2 Å². The second-order valence-corrected chi connectivity index (χ2v) is 20.5. The molecule has 21 heteroatoms. The Hall–Kier alpha value is -4.08. The molecule has 0 bridgehead atoms. The molecule has 0 aromatic carbocycles. The van der Waals surface area contributed by atoms with Gasteiger partial charge in [0.05, 0.1) is 16.2 Å². The summed E-state index contributed by atoms with van der Waals surface area (Å²) in [4.78, 5) is 132. The van der Waals surface area contributed by atoms with Crippen molar-refractivity contribution in [2.45, 2.75) is 177 Å². The summed E-state index contributed by atoms with van der Waals surface area (Å²) in [6.07, 6.45) is 3.24. The average molecular weight is 941 g/mol. The van der Waals surface area contributed by atoms with E-state index in [2.05, 4.69) is 26.6 Å². The lowest BCUT2D eigenvalue weighted by atomic mass is 9.83. The van der Waals surface area contributed by atoms with Gasteiger partial charge in [0.25, 0.3) is 0 Å². The molecule has 1 saturated carbocycles. The van der Waals surface area contributed by atoms with Crippen molar-refractivity contribution in [1.29, 1.82) is 0 Å². The molecule has 7 atom stereocenters. The van der Waals surface area contributed by atoms with Crippen molar-refractivity contribution < 1.29 is 63.3 Å².